The van der Waals surface area contributed by atoms with Gasteiger partial charge >= 0.3 is 0 Å². The SMILES string of the molecule is CC1C2CCC(CC13N=N3)N2. The molecule has 0 aliphatic carbocycles. The number of nitrogens with zero attached hydrogens (tertiary/aromatic N) is 2. The van der Waals surface area contributed by atoms with E-state index < -0.39 is 0 Å². The van der Waals surface area contributed by atoms with E-state index in [1.807, 2.05) is 0 Å². The van der Waals surface area contributed by atoms with Crippen molar-refractivity contribution >= 4 is 0 Å². The molecule has 3 aliphatic rings. The van der Waals surface area contributed by atoms with E-state index >= 15 is 0 Å². The normalized spacial score (nSPS) is 50.1. The summed E-state index contributed by atoms with van der Waals surface area (Å²) in [4.78, 5) is 0. The van der Waals surface area contributed by atoms with E-state index in [-0.39, 0.29) is 5.66 Å². The van der Waals surface area contributed by atoms with Gasteiger partial charge < -0.3 is 5.32 Å². The topological polar surface area (TPSA) is 36.8 Å². The minimum atomic E-state index is 0.0804. The van der Waals surface area contributed by atoms with E-state index in [1.165, 1.54) is 12.8 Å². The first-order chi connectivity index (χ1) is 5.30. The molecule has 1 N–H and O–H groups in total. The van der Waals surface area contributed by atoms with Gasteiger partial charge in [-0.1, -0.05) is 6.92 Å². The summed E-state index contributed by atoms with van der Waals surface area (Å²) in [5.74, 6) is 0.640. The summed E-state index contributed by atoms with van der Waals surface area (Å²) in [6.45, 7) is 2.28. The minimum Gasteiger partial charge on any atom is -0.311 e. The fraction of sp³-hybridized carbons (Fsp3) is 1.00. The summed E-state index contributed by atoms with van der Waals surface area (Å²) < 4.78 is 0. The molecule has 0 saturated carbocycles. The third-order valence-electron chi connectivity index (χ3n) is 3.51. The summed E-state index contributed by atoms with van der Waals surface area (Å²) >= 11 is 0. The molecule has 0 radical (unpaired) electrons. The standard InChI is InChI=1S/C8H13N3/c1-5-7-3-2-6(9-7)4-8(5)10-11-8/h5-7,9H,2-4H2,1H3. The molecule has 3 rings (SSSR count). The van der Waals surface area contributed by atoms with Crippen LogP contribution >= 0.6 is 0 Å². The number of fused-ring (bicyclic) bond motifs is 2. The lowest BCUT2D eigenvalue weighted by Crippen LogP contribution is -2.48. The number of piperidine rings is 1. The Morgan fingerprint density at radius 1 is 1.36 bits per heavy atom. The zero-order valence-electron chi connectivity index (χ0n) is 6.75. The third-order valence-corrected chi connectivity index (χ3v) is 3.51. The highest BCUT2D eigenvalue weighted by Gasteiger charge is 2.55. The van der Waals surface area contributed by atoms with Crippen molar-refractivity contribution in [3.63, 3.8) is 0 Å². The molecule has 2 saturated heterocycles. The van der Waals surface area contributed by atoms with Crippen LogP contribution in [0.1, 0.15) is 26.2 Å². The number of hydrogen-bond donors (Lipinski definition) is 1. The molecule has 0 aromatic carbocycles. The van der Waals surface area contributed by atoms with Gasteiger partial charge in [0.25, 0.3) is 0 Å². The monoisotopic (exact) mass is 151 g/mol. The lowest BCUT2D eigenvalue weighted by Gasteiger charge is -2.31. The zero-order chi connectivity index (χ0) is 7.47. The average Bonchev–Trinajstić information content (AvgIpc) is 2.62. The zero-order valence-corrected chi connectivity index (χ0v) is 6.75. The van der Waals surface area contributed by atoms with Crippen molar-refractivity contribution in [3.05, 3.63) is 0 Å². The Morgan fingerprint density at radius 2 is 2.18 bits per heavy atom. The van der Waals surface area contributed by atoms with Crippen LogP contribution in [-0.4, -0.2) is 17.7 Å². The number of rotatable bonds is 0. The molecule has 0 aromatic rings. The maximum absolute atomic E-state index is 4.20. The van der Waals surface area contributed by atoms with Crippen LogP contribution in [0.25, 0.3) is 0 Å². The predicted molar refractivity (Wildman–Crippen MR) is 41.3 cm³/mol. The third kappa shape index (κ3) is 0.670. The number of nitrogens with one attached hydrogen (secondary N) is 1. The molecule has 3 atom stereocenters. The fourth-order valence-electron chi connectivity index (χ4n) is 2.60. The summed E-state index contributed by atoms with van der Waals surface area (Å²) in [6.07, 6.45) is 3.82. The molecular weight excluding hydrogens is 138 g/mol. The lowest BCUT2D eigenvalue weighted by atomic mass is 9.85. The Kier molecular flexibility index (Phi) is 0.922. The van der Waals surface area contributed by atoms with Gasteiger partial charge in [0.05, 0.1) is 0 Å². The van der Waals surface area contributed by atoms with Gasteiger partial charge in [-0.15, -0.1) is 0 Å². The molecule has 0 amide bonds. The van der Waals surface area contributed by atoms with E-state index in [1.54, 1.807) is 0 Å². The molecule has 1 spiro atoms. The molecule has 60 valence electrons. The van der Waals surface area contributed by atoms with Crippen molar-refractivity contribution in [1.29, 1.82) is 0 Å². The van der Waals surface area contributed by atoms with Gasteiger partial charge in [0, 0.05) is 24.4 Å². The van der Waals surface area contributed by atoms with Gasteiger partial charge in [-0.25, -0.2) is 0 Å². The van der Waals surface area contributed by atoms with Crippen LogP contribution < -0.4 is 5.32 Å². The molecular formula is C8H13N3. The van der Waals surface area contributed by atoms with Gasteiger partial charge in [0.2, 0.25) is 0 Å². The largest absolute Gasteiger partial charge is 0.311 e. The van der Waals surface area contributed by atoms with Crippen LogP contribution in [0, 0.1) is 5.92 Å². The van der Waals surface area contributed by atoms with Crippen LogP contribution in [0.2, 0.25) is 0 Å². The maximum atomic E-state index is 4.20. The van der Waals surface area contributed by atoms with Crippen LogP contribution in [0.5, 0.6) is 0 Å². The molecule has 3 heteroatoms. The Balaban J connectivity index is 1.90. The van der Waals surface area contributed by atoms with Crippen LogP contribution in [0.15, 0.2) is 10.2 Å². The van der Waals surface area contributed by atoms with E-state index in [0.717, 1.165) is 6.42 Å². The highest BCUT2D eigenvalue weighted by Crippen LogP contribution is 2.48. The molecule has 11 heavy (non-hydrogen) atoms. The molecule has 3 unspecified atom stereocenters. The van der Waals surface area contributed by atoms with Gasteiger partial charge in [-0.05, 0) is 12.8 Å². The van der Waals surface area contributed by atoms with E-state index in [2.05, 4.69) is 22.5 Å². The Hall–Kier alpha value is -0.440. The second kappa shape index (κ2) is 1.66. The van der Waals surface area contributed by atoms with Crippen molar-refractivity contribution in [3.8, 4) is 0 Å². The van der Waals surface area contributed by atoms with Crippen molar-refractivity contribution in [2.24, 2.45) is 16.1 Å². The smallest absolute Gasteiger partial charge is 0.196 e. The average molecular weight is 151 g/mol. The van der Waals surface area contributed by atoms with Gasteiger partial charge in [-0.3, -0.25) is 0 Å². The molecule has 2 bridgehead atoms. The lowest BCUT2D eigenvalue weighted by molar-refractivity contribution is 0.235. The first-order valence-electron chi connectivity index (χ1n) is 4.50. The minimum absolute atomic E-state index is 0.0804. The van der Waals surface area contributed by atoms with E-state index in [0.29, 0.717) is 18.0 Å². The molecule has 3 heterocycles. The summed E-state index contributed by atoms with van der Waals surface area (Å²) in [7, 11) is 0. The molecule has 0 aromatic heterocycles. The van der Waals surface area contributed by atoms with Crippen LogP contribution in [-0.2, 0) is 0 Å². The summed E-state index contributed by atoms with van der Waals surface area (Å²) in [5.41, 5.74) is 0.0804. The van der Waals surface area contributed by atoms with E-state index in [4.69, 9.17) is 0 Å². The van der Waals surface area contributed by atoms with Crippen molar-refractivity contribution in [2.75, 3.05) is 0 Å². The Morgan fingerprint density at radius 3 is 2.91 bits per heavy atom. The fourth-order valence-corrected chi connectivity index (χ4v) is 2.60. The highest BCUT2D eigenvalue weighted by molar-refractivity contribution is 5.11. The number of hydrogen-bond acceptors (Lipinski definition) is 3. The molecule has 3 nitrogen and oxygen atoms in total. The highest BCUT2D eigenvalue weighted by atomic mass is 15.5. The van der Waals surface area contributed by atoms with Gasteiger partial charge in [0.1, 0.15) is 0 Å². The maximum Gasteiger partial charge on any atom is 0.196 e. The van der Waals surface area contributed by atoms with Crippen molar-refractivity contribution in [1.82, 2.24) is 5.32 Å². The molecule has 3 aliphatic heterocycles. The van der Waals surface area contributed by atoms with Crippen LogP contribution in [0.3, 0.4) is 0 Å². The first-order valence-corrected chi connectivity index (χ1v) is 4.50. The van der Waals surface area contributed by atoms with Crippen molar-refractivity contribution < 1.29 is 0 Å². The molecule has 2 fully saturated rings. The second-order valence-corrected chi connectivity index (χ2v) is 4.12. The van der Waals surface area contributed by atoms with Crippen LogP contribution in [0.4, 0.5) is 0 Å². The van der Waals surface area contributed by atoms with E-state index in [9.17, 15) is 0 Å². The summed E-state index contributed by atoms with van der Waals surface area (Å²) in [6, 6.07) is 1.41. The van der Waals surface area contributed by atoms with Gasteiger partial charge in [0.15, 0.2) is 5.66 Å². The quantitative estimate of drug-likeness (QED) is 0.556. The van der Waals surface area contributed by atoms with Crippen molar-refractivity contribution in [2.45, 2.75) is 43.9 Å². The summed E-state index contributed by atoms with van der Waals surface area (Å²) in [5, 5.41) is 12.0. The van der Waals surface area contributed by atoms with Gasteiger partial charge in [-0.2, -0.15) is 10.2 Å². The predicted octanol–water partition coefficient (Wildman–Crippen LogP) is 1.31. The Bertz CT molecular complexity index is 217. The first kappa shape index (κ1) is 6.12. The Labute approximate surface area is 66.3 Å². The second-order valence-electron chi connectivity index (χ2n) is 4.12.